The molecule has 27 heavy (non-hydrogen) atoms. The number of hydrogen-bond donors (Lipinski definition) is 6. The Hall–Kier alpha value is -0.270. The average Bonchev–Trinajstić information content (AvgIpc) is 2.45. The van der Waals surface area contributed by atoms with Crippen LogP contribution in [0.2, 0.25) is 0 Å². The summed E-state index contributed by atoms with van der Waals surface area (Å²) in [6, 6.07) is 0. The van der Waals surface area contributed by atoms with Crippen LogP contribution in [0.4, 0.5) is 0 Å². The van der Waals surface area contributed by atoms with E-state index < -0.39 is 0 Å². The molecule has 12 heteroatoms. The van der Waals surface area contributed by atoms with Crippen molar-refractivity contribution in [1.82, 2.24) is 16.0 Å². The molecule has 0 aliphatic rings. The molecular weight excluding hydrogens is 600 g/mol. The van der Waals surface area contributed by atoms with Crippen molar-refractivity contribution in [2.45, 2.75) is 40.4 Å². The number of thiocarbonyl (C=S) groups is 3. The second-order valence-electron chi connectivity index (χ2n) is 5.46. The van der Waals surface area contributed by atoms with Gasteiger partial charge in [0, 0.05) is 19.6 Å². The molecule has 0 bridgehead atoms. The fourth-order valence-electron chi connectivity index (χ4n) is 2.71. The van der Waals surface area contributed by atoms with Gasteiger partial charge in [-0.2, -0.15) is 0 Å². The normalized spacial score (nSPS) is 9.00. The first-order chi connectivity index (χ1) is 11.1. The first-order valence-corrected chi connectivity index (χ1v) is 8.57. The summed E-state index contributed by atoms with van der Waals surface area (Å²) in [5, 5.41) is 9.84. The van der Waals surface area contributed by atoms with E-state index >= 15 is 0 Å². The lowest BCUT2D eigenvalue weighted by Gasteiger charge is -2.23. The maximum atomic E-state index is 5.57. The SMILES string of the molecule is Br.Br.Br.Cc1c(CNC(N)=S)c(C)c(CNC(N)=S)c(C)c1CNC(N)=S. The molecule has 1 aromatic carbocycles. The molecule has 9 N–H and O–H groups in total. The predicted molar refractivity (Wildman–Crippen MR) is 142 cm³/mol. The van der Waals surface area contributed by atoms with Crippen LogP contribution in [-0.4, -0.2) is 15.3 Å². The second-order valence-corrected chi connectivity index (χ2v) is 6.78. The molecule has 0 fully saturated rings. The van der Waals surface area contributed by atoms with Crippen LogP contribution < -0.4 is 33.2 Å². The van der Waals surface area contributed by atoms with Crippen LogP contribution in [-0.2, 0) is 19.6 Å². The summed E-state index contributed by atoms with van der Waals surface area (Å²) in [5.41, 5.74) is 23.6. The summed E-state index contributed by atoms with van der Waals surface area (Å²) in [6.45, 7) is 7.85. The summed E-state index contributed by atoms with van der Waals surface area (Å²) < 4.78 is 0. The lowest BCUT2D eigenvalue weighted by molar-refractivity contribution is 0.826. The maximum Gasteiger partial charge on any atom is 0.163 e. The highest BCUT2D eigenvalue weighted by molar-refractivity contribution is 8.93. The van der Waals surface area contributed by atoms with Gasteiger partial charge in [0.1, 0.15) is 0 Å². The van der Waals surface area contributed by atoms with Gasteiger partial charge in [0.2, 0.25) is 0 Å². The minimum absolute atomic E-state index is 0. The zero-order valence-corrected chi connectivity index (χ0v) is 22.9. The highest BCUT2D eigenvalue weighted by atomic mass is 79.9. The van der Waals surface area contributed by atoms with Crippen LogP contribution in [0.1, 0.15) is 33.4 Å². The van der Waals surface area contributed by atoms with Crippen LogP contribution in [0.5, 0.6) is 0 Å². The Morgan fingerprint density at radius 1 is 0.593 bits per heavy atom. The van der Waals surface area contributed by atoms with E-state index in [-0.39, 0.29) is 66.3 Å². The minimum atomic E-state index is 0. The summed E-state index contributed by atoms with van der Waals surface area (Å²) in [4.78, 5) is 0. The Morgan fingerprint density at radius 3 is 0.926 bits per heavy atom. The molecule has 156 valence electrons. The van der Waals surface area contributed by atoms with Gasteiger partial charge in [-0.05, 0) is 90.8 Å². The fraction of sp³-hybridized carbons (Fsp3) is 0.400. The Kier molecular flexibility index (Phi) is 17.1. The number of halogens is 3. The fourth-order valence-corrected chi connectivity index (χ4v) is 2.93. The third-order valence-electron chi connectivity index (χ3n) is 4.03. The van der Waals surface area contributed by atoms with Crippen LogP contribution in [0.3, 0.4) is 0 Å². The van der Waals surface area contributed by atoms with Gasteiger partial charge < -0.3 is 33.2 Å². The van der Waals surface area contributed by atoms with Crippen molar-refractivity contribution in [1.29, 1.82) is 0 Å². The van der Waals surface area contributed by atoms with E-state index in [9.17, 15) is 0 Å². The van der Waals surface area contributed by atoms with Gasteiger partial charge in [0.05, 0.1) is 0 Å². The standard InChI is InChI=1S/C15H24N6S3.3BrH/c1-7-10(4-19-13(16)22)8(2)12(6-21-15(18)24)9(3)11(7)5-20-14(17)23;;;/h4-6H2,1-3H3,(H3,16,19,22)(H3,17,20,23)(H3,18,21,24);3*1H. The van der Waals surface area contributed by atoms with Crippen molar-refractivity contribution in [2.24, 2.45) is 17.2 Å². The average molecular weight is 627 g/mol. The highest BCUT2D eigenvalue weighted by Gasteiger charge is 2.17. The summed E-state index contributed by atoms with van der Waals surface area (Å²) >= 11 is 14.8. The lowest BCUT2D eigenvalue weighted by atomic mass is 9.88. The van der Waals surface area contributed by atoms with Gasteiger partial charge >= 0.3 is 0 Å². The molecule has 0 amide bonds. The third-order valence-corrected chi connectivity index (χ3v) is 4.47. The van der Waals surface area contributed by atoms with Crippen molar-refractivity contribution < 1.29 is 0 Å². The molecule has 1 rings (SSSR count). The minimum Gasteiger partial charge on any atom is -0.376 e. The van der Waals surface area contributed by atoms with E-state index in [2.05, 4.69) is 36.7 Å². The Balaban J connectivity index is -0.00000192. The first-order valence-electron chi connectivity index (χ1n) is 7.35. The number of hydrogen-bond acceptors (Lipinski definition) is 3. The topological polar surface area (TPSA) is 114 Å². The first kappa shape index (κ1) is 31.4. The van der Waals surface area contributed by atoms with E-state index in [1.165, 1.54) is 0 Å². The van der Waals surface area contributed by atoms with Crippen LogP contribution in [0, 0.1) is 20.8 Å². The number of nitrogens with one attached hydrogen (secondary N) is 3. The Morgan fingerprint density at radius 2 is 0.778 bits per heavy atom. The third kappa shape index (κ3) is 9.66. The second kappa shape index (κ2) is 14.7. The number of rotatable bonds is 6. The zero-order valence-electron chi connectivity index (χ0n) is 15.3. The van der Waals surface area contributed by atoms with Gasteiger partial charge in [-0.3, -0.25) is 0 Å². The molecule has 1 aromatic rings. The number of nitrogens with two attached hydrogens (primary N) is 3. The van der Waals surface area contributed by atoms with Crippen molar-refractivity contribution in [3.8, 4) is 0 Å². The molecule has 0 saturated carbocycles. The molecule has 6 nitrogen and oxygen atoms in total. The number of benzene rings is 1. The van der Waals surface area contributed by atoms with E-state index in [0.29, 0.717) is 19.6 Å². The van der Waals surface area contributed by atoms with Crippen LogP contribution >= 0.6 is 87.6 Å². The molecule has 0 aliphatic carbocycles. The molecule has 0 aromatic heterocycles. The van der Waals surface area contributed by atoms with Gasteiger partial charge in [0.25, 0.3) is 0 Å². The van der Waals surface area contributed by atoms with Crippen molar-refractivity contribution in [3.63, 3.8) is 0 Å². The molecule has 0 unspecified atom stereocenters. The predicted octanol–water partition coefficient (Wildman–Crippen LogP) is 2.35. The van der Waals surface area contributed by atoms with Gasteiger partial charge in [-0.1, -0.05) is 0 Å². The van der Waals surface area contributed by atoms with Crippen LogP contribution in [0.25, 0.3) is 0 Å². The van der Waals surface area contributed by atoms with Crippen molar-refractivity contribution in [3.05, 3.63) is 33.4 Å². The molecule has 0 atom stereocenters. The summed E-state index contributed by atoms with van der Waals surface area (Å²) in [7, 11) is 0. The lowest BCUT2D eigenvalue weighted by Crippen LogP contribution is -2.32. The van der Waals surface area contributed by atoms with Crippen molar-refractivity contribution in [2.75, 3.05) is 0 Å². The Bertz CT molecular complexity index is 574. The van der Waals surface area contributed by atoms with Crippen LogP contribution in [0.15, 0.2) is 0 Å². The molecular formula is C15H27Br3N6S3. The Labute approximate surface area is 208 Å². The quantitative estimate of drug-likeness (QED) is 0.265. The zero-order chi connectivity index (χ0) is 18.4. The van der Waals surface area contributed by atoms with E-state index in [1.807, 2.05) is 0 Å². The molecule has 0 radical (unpaired) electrons. The van der Waals surface area contributed by atoms with E-state index in [0.717, 1.165) is 33.4 Å². The van der Waals surface area contributed by atoms with Gasteiger partial charge in [-0.15, -0.1) is 50.9 Å². The van der Waals surface area contributed by atoms with Gasteiger partial charge in [0.15, 0.2) is 15.3 Å². The van der Waals surface area contributed by atoms with E-state index in [4.69, 9.17) is 53.9 Å². The molecule has 0 heterocycles. The van der Waals surface area contributed by atoms with E-state index in [1.54, 1.807) is 0 Å². The summed E-state index contributed by atoms with van der Waals surface area (Å²) in [6.07, 6.45) is 0. The molecule has 0 spiro atoms. The smallest absolute Gasteiger partial charge is 0.163 e. The largest absolute Gasteiger partial charge is 0.376 e. The summed E-state index contributed by atoms with van der Waals surface area (Å²) in [5.74, 6) is 0. The highest BCUT2D eigenvalue weighted by Crippen LogP contribution is 2.27. The molecule has 0 aliphatic heterocycles. The van der Waals surface area contributed by atoms with Gasteiger partial charge in [-0.25, -0.2) is 0 Å². The van der Waals surface area contributed by atoms with Crippen molar-refractivity contribution >= 4 is 103 Å². The maximum absolute atomic E-state index is 5.57. The molecule has 0 saturated heterocycles. The monoisotopic (exact) mass is 624 g/mol.